The highest BCUT2D eigenvalue weighted by atomic mass is 16.5. The molecule has 0 radical (unpaired) electrons. The second-order valence-electron chi connectivity index (χ2n) is 6.69. The lowest BCUT2D eigenvalue weighted by atomic mass is 10.0. The molecule has 0 fully saturated rings. The van der Waals surface area contributed by atoms with Gasteiger partial charge in [0.05, 0.1) is 0 Å². The molecule has 25 heavy (non-hydrogen) atoms. The van der Waals surface area contributed by atoms with E-state index in [0.29, 0.717) is 13.0 Å². The minimum atomic E-state index is -0.467. The number of anilines is 1. The summed E-state index contributed by atoms with van der Waals surface area (Å²) in [6.07, 6.45) is 0.492. The number of carbonyl (C=O) groups excluding carboxylic acids is 1. The summed E-state index contributed by atoms with van der Waals surface area (Å²) in [6.45, 7) is 6.19. The van der Waals surface area contributed by atoms with Crippen LogP contribution < -0.4 is 15.4 Å². The molecule has 3 N–H and O–H groups in total. The first kappa shape index (κ1) is 18.8. The van der Waals surface area contributed by atoms with Gasteiger partial charge in [0.1, 0.15) is 12.4 Å². The van der Waals surface area contributed by atoms with E-state index < -0.39 is 5.54 Å². The Balaban J connectivity index is 1.93. The molecule has 2 rings (SSSR count). The average Bonchev–Trinajstić information content (AvgIpc) is 2.55. The molecule has 0 bridgehead atoms. The molecule has 0 unspecified atom stereocenters. The zero-order valence-electron chi connectivity index (χ0n) is 15.0. The third-order valence-corrected chi connectivity index (χ3v) is 3.88. The molecule has 0 aliphatic rings. The first-order valence-corrected chi connectivity index (χ1v) is 8.37. The van der Waals surface area contributed by atoms with Crippen molar-refractivity contribution in [3.8, 4) is 5.75 Å². The van der Waals surface area contributed by atoms with Crippen molar-refractivity contribution in [1.29, 1.82) is 0 Å². The van der Waals surface area contributed by atoms with Crippen molar-refractivity contribution in [3.05, 3.63) is 59.7 Å². The lowest BCUT2D eigenvalue weighted by Crippen LogP contribution is -2.46. The molecule has 2 aromatic rings. The number of hydrogen-bond donors (Lipinski definition) is 3. The van der Waals surface area contributed by atoms with E-state index in [1.165, 1.54) is 0 Å². The van der Waals surface area contributed by atoms with Gasteiger partial charge in [0, 0.05) is 17.8 Å². The fraction of sp³-hybridized carbons (Fsp3) is 0.350. The summed E-state index contributed by atoms with van der Waals surface area (Å²) < 4.78 is 5.79. The lowest BCUT2D eigenvalue weighted by Gasteiger charge is -2.25. The monoisotopic (exact) mass is 342 g/mol. The molecule has 0 aromatic heterocycles. The summed E-state index contributed by atoms with van der Waals surface area (Å²) in [6, 6.07) is 15.2. The van der Waals surface area contributed by atoms with Crippen molar-refractivity contribution >= 4 is 11.7 Å². The van der Waals surface area contributed by atoms with Gasteiger partial charge in [-0.05, 0) is 56.5 Å². The Morgan fingerprint density at radius 1 is 1.16 bits per heavy atom. The van der Waals surface area contributed by atoms with Crippen molar-refractivity contribution in [1.82, 2.24) is 5.32 Å². The number of rotatable bonds is 7. The molecule has 134 valence electrons. The van der Waals surface area contributed by atoms with Gasteiger partial charge in [-0.2, -0.15) is 0 Å². The van der Waals surface area contributed by atoms with Crippen molar-refractivity contribution < 1.29 is 14.6 Å². The summed E-state index contributed by atoms with van der Waals surface area (Å²) in [4.78, 5) is 12.1. The number of carbonyl (C=O) groups is 1. The number of nitrogens with one attached hydrogen (secondary N) is 2. The number of urea groups is 1. The summed E-state index contributed by atoms with van der Waals surface area (Å²) in [5.41, 5.74) is 2.28. The SMILES string of the molecule is Cc1cc(OCc2ccccc2)ccc1NC(=O)NC(C)(C)CCO. The molecule has 5 heteroatoms. The minimum absolute atomic E-state index is 0.0275. The van der Waals surface area contributed by atoms with Crippen LogP contribution in [0, 0.1) is 6.92 Å². The highest BCUT2D eigenvalue weighted by Crippen LogP contribution is 2.22. The Bertz CT molecular complexity index is 699. The molecular formula is C20H26N2O3. The van der Waals surface area contributed by atoms with Crippen LogP contribution in [0.1, 0.15) is 31.4 Å². The van der Waals surface area contributed by atoms with Crippen LogP contribution in [0.3, 0.4) is 0 Å². The number of hydrogen-bond acceptors (Lipinski definition) is 3. The van der Waals surface area contributed by atoms with E-state index >= 15 is 0 Å². The number of aliphatic hydroxyl groups excluding tert-OH is 1. The highest BCUT2D eigenvalue weighted by molar-refractivity contribution is 5.90. The van der Waals surface area contributed by atoms with Crippen LogP contribution in [-0.2, 0) is 6.61 Å². The van der Waals surface area contributed by atoms with Gasteiger partial charge in [0.25, 0.3) is 0 Å². The van der Waals surface area contributed by atoms with Gasteiger partial charge in [-0.25, -0.2) is 4.79 Å². The minimum Gasteiger partial charge on any atom is -0.489 e. The maximum absolute atomic E-state index is 12.1. The molecule has 0 aliphatic heterocycles. The summed E-state index contributed by atoms with van der Waals surface area (Å²) in [5, 5.41) is 14.7. The molecule has 0 atom stereocenters. The smallest absolute Gasteiger partial charge is 0.319 e. The maximum atomic E-state index is 12.1. The van der Waals surface area contributed by atoms with Crippen LogP contribution >= 0.6 is 0 Å². The molecule has 2 aromatic carbocycles. The number of ether oxygens (including phenoxy) is 1. The first-order chi connectivity index (χ1) is 11.9. The number of amides is 2. The molecule has 0 saturated carbocycles. The van der Waals surface area contributed by atoms with Crippen LogP contribution in [0.2, 0.25) is 0 Å². The number of aliphatic hydroxyl groups is 1. The van der Waals surface area contributed by atoms with Crippen molar-refractivity contribution in [2.45, 2.75) is 39.3 Å². The van der Waals surface area contributed by atoms with Gasteiger partial charge in [-0.15, -0.1) is 0 Å². The Hall–Kier alpha value is -2.53. The number of aryl methyl sites for hydroxylation is 1. The van der Waals surface area contributed by atoms with Gasteiger partial charge in [-0.3, -0.25) is 0 Å². The molecule has 0 aliphatic carbocycles. The average molecular weight is 342 g/mol. The Kier molecular flexibility index (Phi) is 6.42. The zero-order valence-corrected chi connectivity index (χ0v) is 15.0. The topological polar surface area (TPSA) is 70.6 Å². The Labute approximate surface area is 149 Å². The van der Waals surface area contributed by atoms with Crippen LogP contribution in [0.4, 0.5) is 10.5 Å². The van der Waals surface area contributed by atoms with Gasteiger partial charge in [-0.1, -0.05) is 30.3 Å². The Morgan fingerprint density at radius 2 is 1.88 bits per heavy atom. The number of benzene rings is 2. The highest BCUT2D eigenvalue weighted by Gasteiger charge is 2.19. The lowest BCUT2D eigenvalue weighted by molar-refractivity contribution is 0.218. The van der Waals surface area contributed by atoms with Crippen LogP contribution in [0.5, 0.6) is 5.75 Å². The van der Waals surface area contributed by atoms with Gasteiger partial charge in [0.15, 0.2) is 0 Å². The standard InChI is InChI=1S/C20H26N2O3/c1-15-13-17(25-14-16-7-5-4-6-8-16)9-10-18(15)21-19(24)22-20(2,3)11-12-23/h4-10,13,23H,11-12,14H2,1-3H3,(H2,21,22,24). The quantitative estimate of drug-likeness (QED) is 0.715. The maximum Gasteiger partial charge on any atom is 0.319 e. The molecule has 0 spiro atoms. The summed E-state index contributed by atoms with van der Waals surface area (Å²) in [5.74, 6) is 0.757. The van der Waals surface area contributed by atoms with E-state index in [1.54, 1.807) is 0 Å². The normalized spacial score (nSPS) is 11.0. The van der Waals surface area contributed by atoms with Gasteiger partial charge < -0.3 is 20.5 Å². The molecule has 2 amide bonds. The zero-order chi connectivity index (χ0) is 18.3. The largest absolute Gasteiger partial charge is 0.489 e. The van der Waals surface area contributed by atoms with E-state index in [-0.39, 0.29) is 12.6 Å². The first-order valence-electron chi connectivity index (χ1n) is 8.37. The van der Waals surface area contributed by atoms with Crippen molar-refractivity contribution in [2.75, 3.05) is 11.9 Å². The van der Waals surface area contributed by atoms with E-state index in [2.05, 4.69) is 10.6 Å². The molecular weight excluding hydrogens is 316 g/mol. The third-order valence-electron chi connectivity index (χ3n) is 3.88. The second kappa shape index (κ2) is 8.53. The second-order valence-corrected chi connectivity index (χ2v) is 6.69. The predicted octanol–water partition coefficient (Wildman–Crippen LogP) is 3.86. The fourth-order valence-corrected chi connectivity index (χ4v) is 2.41. The van der Waals surface area contributed by atoms with Crippen LogP contribution in [-0.4, -0.2) is 23.3 Å². The molecule has 0 saturated heterocycles. The van der Waals surface area contributed by atoms with E-state index in [9.17, 15) is 4.79 Å². The fourth-order valence-electron chi connectivity index (χ4n) is 2.41. The summed E-state index contributed by atoms with van der Waals surface area (Å²) >= 11 is 0. The predicted molar refractivity (Wildman–Crippen MR) is 99.9 cm³/mol. The Morgan fingerprint density at radius 3 is 2.52 bits per heavy atom. The molecule has 5 nitrogen and oxygen atoms in total. The van der Waals surface area contributed by atoms with Crippen LogP contribution in [0.15, 0.2) is 48.5 Å². The van der Waals surface area contributed by atoms with E-state index in [1.807, 2.05) is 69.3 Å². The van der Waals surface area contributed by atoms with Crippen molar-refractivity contribution in [2.24, 2.45) is 0 Å². The molecule has 0 heterocycles. The van der Waals surface area contributed by atoms with Crippen LogP contribution in [0.25, 0.3) is 0 Å². The van der Waals surface area contributed by atoms with E-state index in [4.69, 9.17) is 9.84 Å². The van der Waals surface area contributed by atoms with Gasteiger partial charge >= 0.3 is 6.03 Å². The van der Waals surface area contributed by atoms with E-state index in [0.717, 1.165) is 22.6 Å². The van der Waals surface area contributed by atoms with Crippen molar-refractivity contribution in [3.63, 3.8) is 0 Å². The summed E-state index contributed by atoms with van der Waals surface area (Å²) in [7, 11) is 0. The van der Waals surface area contributed by atoms with Gasteiger partial charge in [0.2, 0.25) is 0 Å². The third kappa shape index (κ3) is 6.12.